The lowest BCUT2D eigenvalue weighted by Crippen LogP contribution is -2.19. The molecule has 1 unspecified atom stereocenters. The molecule has 2 rings (SSSR count). The first kappa shape index (κ1) is 11.2. The molecule has 0 saturated carbocycles. The summed E-state index contributed by atoms with van der Waals surface area (Å²) < 4.78 is 0. The van der Waals surface area contributed by atoms with Crippen LogP contribution in [0.3, 0.4) is 0 Å². The number of benzene rings is 1. The number of hydrogen-bond acceptors (Lipinski definition) is 2. The Hall–Kier alpha value is -1.32. The third kappa shape index (κ3) is 2.62. The zero-order valence-electron chi connectivity index (χ0n) is 9.07. The van der Waals surface area contributed by atoms with Gasteiger partial charge in [0.1, 0.15) is 5.82 Å². The Morgan fingerprint density at radius 1 is 1.38 bits per heavy atom. The van der Waals surface area contributed by atoms with Gasteiger partial charge >= 0.3 is 0 Å². The molecule has 1 aromatic carbocycles. The van der Waals surface area contributed by atoms with Crippen molar-refractivity contribution in [3.63, 3.8) is 0 Å². The Balaban J connectivity index is 2.13. The molecule has 3 nitrogen and oxygen atoms in total. The second kappa shape index (κ2) is 5.14. The number of halogens is 1. The topological polar surface area (TPSA) is 40.7 Å². The SMILES string of the molecule is CNC(Cc1ncc[nH]1)c1ccc(Cl)cc1. The minimum Gasteiger partial charge on any atom is -0.349 e. The number of rotatable bonds is 4. The number of H-pyrrole nitrogens is 1. The van der Waals surface area contributed by atoms with Crippen LogP contribution < -0.4 is 5.32 Å². The van der Waals surface area contributed by atoms with E-state index in [0.29, 0.717) is 0 Å². The zero-order valence-corrected chi connectivity index (χ0v) is 9.83. The highest BCUT2D eigenvalue weighted by atomic mass is 35.5. The molecule has 16 heavy (non-hydrogen) atoms. The Labute approximate surface area is 99.9 Å². The van der Waals surface area contributed by atoms with Crippen molar-refractivity contribution < 1.29 is 0 Å². The zero-order chi connectivity index (χ0) is 11.4. The first-order chi connectivity index (χ1) is 7.79. The van der Waals surface area contributed by atoms with Crippen molar-refractivity contribution in [1.82, 2.24) is 15.3 Å². The van der Waals surface area contributed by atoms with Gasteiger partial charge < -0.3 is 10.3 Å². The lowest BCUT2D eigenvalue weighted by molar-refractivity contribution is 0.578. The van der Waals surface area contributed by atoms with Crippen molar-refractivity contribution in [2.75, 3.05) is 7.05 Å². The number of imidazole rings is 1. The molecule has 0 saturated heterocycles. The molecule has 0 bridgehead atoms. The van der Waals surface area contributed by atoms with Crippen LogP contribution in [0.5, 0.6) is 0 Å². The van der Waals surface area contributed by atoms with Crippen LogP contribution in [0.2, 0.25) is 5.02 Å². The summed E-state index contributed by atoms with van der Waals surface area (Å²) in [5.74, 6) is 0.981. The van der Waals surface area contributed by atoms with E-state index < -0.39 is 0 Å². The van der Waals surface area contributed by atoms with Gasteiger partial charge in [-0.25, -0.2) is 4.98 Å². The van der Waals surface area contributed by atoms with E-state index in [9.17, 15) is 0 Å². The number of aromatic nitrogens is 2. The van der Waals surface area contributed by atoms with E-state index in [4.69, 9.17) is 11.6 Å². The number of hydrogen-bond donors (Lipinski definition) is 2. The molecule has 0 amide bonds. The average molecular weight is 236 g/mol. The monoisotopic (exact) mass is 235 g/mol. The summed E-state index contributed by atoms with van der Waals surface area (Å²) in [6.07, 6.45) is 4.44. The van der Waals surface area contributed by atoms with Crippen LogP contribution in [0, 0.1) is 0 Å². The van der Waals surface area contributed by atoms with Gasteiger partial charge in [0.2, 0.25) is 0 Å². The van der Waals surface area contributed by atoms with Crippen molar-refractivity contribution in [3.8, 4) is 0 Å². The van der Waals surface area contributed by atoms with Gasteiger partial charge in [-0.3, -0.25) is 0 Å². The molecular formula is C12H14ClN3. The molecular weight excluding hydrogens is 222 g/mol. The molecule has 1 atom stereocenters. The molecule has 2 aromatic rings. The van der Waals surface area contributed by atoms with Gasteiger partial charge in [0, 0.05) is 29.9 Å². The van der Waals surface area contributed by atoms with Crippen LogP contribution in [0.25, 0.3) is 0 Å². The predicted octanol–water partition coefficient (Wildman–Crippen LogP) is 2.57. The third-order valence-corrected chi connectivity index (χ3v) is 2.83. The quantitative estimate of drug-likeness (QED) is 0.855. The highest BCUT2D eigenvalue weighted by molar-refractivity contribution is 6.30. The Morgan fingerprint density at radius 2 is 2.12 bits per heavy atom. The molecule has 4 heteroatoms. The van der Waals surface area contributed by atoms with Gasteiger partial charge in [0.05, 0.1) is 0 Å². The summed E-state index contributed by atoms with van der Waals surface area (Å²) in [6.45, 7) is 0. The van der Waals surface area contributed by atoms with E-state index in [1.165, 1.54) is 5.56 Å². The van der Waals surface area contributed by atoms with Crippen molar-refractivity contribution in [3.05, 3.63) is 53.1 Å². The second-order valence-electron chi connectivity index (χ2n) is 3.63. The number of aromatic amines is 1. The Bertz CT molecular complexity index is 422. The van der Waals surface area contributed by atoms with Crippen molar-refractivity contribution in [1.29, 1.82) is 0 Å². The molecule has 2 N–H and O–H groups in total. The Kier molecular flexibility index (Phi) is 3.59. The van der Waals surface area contributed by atoms with Gasteiger partial charge in [0.25, 0.3) is 0 Å². The maximum Gasteiger partial charge on any atom is 0.107 e. The first-order valence-electron chi connectivity index (χ1n) is 5.20. The van der Waals surface area contributed by atoms with Gasteiger partial charge in [0.15, 0.2) is 0 Å². The van der Waals surface area contributed by atoms with E-state index in [1.807, 2.05) is 37.5 Å². The minimum atomic E-state index is 0.253. The van der Waals surface area contributed by atoms with Crippen LogP contribution in [0.15, 0.2) is 36.7 Å². The van der Waals surface area contributed by atoms with Crippen molar-refractivity contribution in [2.24, 2.45) is 0 Å². The highest BCUT2D eigenvalue weighted by Crippen LogP contribution is 2.18. The number of likely N-dealkylation sites (N-methyl/N-ethyl adjacent to an activating group) is 1. The average Bonchev–Trinajstić information content (AvgIpc) is 2.80. The molecule has 0 spiro atoms. The fraction of sp³-hybridized carbons (Fsp3) is 0.250. The normalized spacial score (nSPS) is 12.6. The van der Waals surface area contributed by atoms with E-state index in [2.05, 4.69) is 15.3 Å². The molecule has 84 valence electrons. The fourth-order valence-electron chi connectivity index (χ4n) is 1.68. The first-order valence-corrected chi connectivity index (χ1v) is 5.58. The van der Waals surface area contributed by atoms with Crippen LogP contribution in [-0.2, 0) is 6.42 Å². The minimum absolute atomic E-state index is 0.253. The fourth-order valence-corrected chi connectivity index (χ4v) is 1.81. The largest absolute Gasteiger partial charge is 0.349 e. The van der Waals surface area contributed by atoms with Crippen LogP contribution in [-0.4, -0.2) is 17.0 Å². The maximum absolute atomic E-state index is 5.86. The summed E-state index contributed by atoms with van der Waals surface area (Å²) in [7, 11) is 1.95. The van der Waals surface area contributed by atoms with Gasteiger partial charge in [-0.05, 0) is 24.7 Å². The summed E-state index contributed by atoms with van der Waals surface area (Å²) >= 11 is 5.86. The standard InChI is InChI=1S/C12H14ClN3/c1-14-11(8-12-15-6-7-16-12)9-2-4-10(13)5-3-9/h2-7,11,14H,8H2,1H3,(H,15,16). The van der Waals surface area contributed by atoms with Crippen molar-refractivity contribution in [2.45, 2.75) is 12.5 Å². The summed E-state index contributed by atoms with van der Waals surface area (Å²) in [4.78, 5) is 7.33. The van der Waals surface area contributed by atoms with E-state index in [-0.39, 0.29) is 6.04 Å². The predicted molar refractivity (Wildman–Crippen MR) is 65.5 cm³/mol. The van der Waals surface area contributed by atoms with Gasteiger partial charge in [-0.15, -0.1) is 0 Å². The maximum atomic E-state index is 5.86. The smallest absolute Gasteiger partial charge is 0.107 e. The highest BCUT2D eigenvalue weighted by Gasteiger charge is 2.10. The van der Waals surface area contributed by atoms with E-state index in [0.717, 1.165) is 17.3 Å². The molecule has 0 fully saturated rings. The molecule has 0 aliphatic carbocycles. The van der Waals surface area contributed by atoms with E-state index in [1.54, 1.807) is 6.20 Å². The molecule has 1 heterocycles. The van der Waals surface area contributed by atoms with Gasteiger partial charge in [-0.1, -0.05) is 23.7 Å². The van der Waals surface area contributed by atoms with Gasteiger partial charge in [-0.2, -0.15) is 0 Å². The van der Waals surface area contributed by atoms with Crippen LogP contribution in [0.4, 0.5) is 0 Å². The summed E-state index contributed by atoms with van der Waals surface area (Å²) in [6, 6.07) is 8.13. The lowest BCUT2D eigenvalue weighted by atomic mass is 10.0. The molecule has 0 aliphatic heterocycles. The Morgan fingerprint density at radius 3 is 2.69 bits per heavy atom. The lowest BCUT2D eigenvalue weighted by Gasteiger charge is -2.15. The second-order valence-corrected chi connectivity index (χ2v) is 4.07. The third-order valence-electron chi connectivity index (χ3n) is 2.57. The number of nitrogens with one attached hydrogen (secondary N) is 2. The summed E-state index contributed by atoms with van der Waals surface area (Å²) in [5, 5.41) is 4.03. The summed E-state index contributed by atoms with van der Waals surface area (Å²) in [5.41, 5.74) is 1.21. The van der Waals surface area contributed by atoms with Crippen LogP contribution in [0.1, 0.15) is 17.4 Å². The van der Waals surface area contributed by atoms with E-state index >= 15 is 0 Å². The van der Waals surface area contributed by atoms with Crippen molar-refractivity contribution >= 4 is 11.6 Å². The molecule has 1 aromatic heterocycles. The van der Waals surface area contributed by atoms with Crippen LogP contribution >= 0.6 is 11.6 Å². The molecule has 0 radical (unpaired) electrons. The number of nitrogens with zero attached hydrogens (tertiary/aromatic N) is 1. The molecule has 0 aliphatic rings.